The molecule has 2 aliphatic heterocycles. The summed E-state index contributed by atoms with van der Waals surface area (Å²) in [5.74, 6) is -1.67. The molecule has 1 saturated heterocycles. The molecule has 0 radical (unpaired) electrons. The van der Waals surface area contributed by atoms with Crippen molar-refractivity contribution < 1.29 is 19.5 Å². The average Bonchev–Trinajstić information content (AvgIpc) is 2.69. The number of nitrogens with zero attached hydrogens (tertiary/aromatic N) is 1. The molecule has 0 saturated carbocycles. The van der Waals surface area contributed by atoms with Gasteiger partial charge in [0.2, 0.25) is 5.91 Å². The maximum absolute atomic E-state index is 13.1. The highest BCUT2D eigenvalue weighted by molar-refractivity contribution is 6.42. The topological polar surface area (TPSA) is 86.7 Å². The summed E-state index contributed by atoms with van der Waals surface area (Å²) in [5, 5.41) is 12.8. The van der Waals surface area contributed by atoms with E-state index in [0.29, 0.717) is 32.4 Å². The normalized spacial score (nSPS) is 17.4. The van der Waals surface area contributed by atoms with Crippen LogP contribution < -0.4 is 5.32 Å². The van der Waals surface area contributed by atoms with Crippen molar-refractivity contribution in [1.29, 1.82) is 0 Å². The largest absolute Gasteiger partial charge is 0.478 e. The zero-order valence-corrected chi connectivity index (χ0v) is 17.8. The highest BCUT2D eigenvalue weighted by Crippen LogP contribution is 2.39. The van der Waals surface area contributed by atoms with Crippen LogP contribution in [-0.2, 0) is 16.8 Å². The monoisotopic (exact) mass is 446 g/mol. The summed E-state index contributed by atoms with van der Waals surface area (Å²) in [6.07, 6.45) is 1.45. The van der Waals surface area contributed by atoms with Gasteiger partial charge in [0.15, 0.2) is 0 Å². The molecule has 2 heterocycles. The molecule has 4 rings (SSSR count). The number of halogens is 2. The Hall–Kier alpha value is -2.57. The summed E-state index contributed by atoms with van der Waals surface area (Å²) in [4.78, 5) is 38.6. The van der Waals surface area contributed by atoms with Crippen LogP contribution in [-0.4, -0.2) is 40.9 Å². The van der Waals surface area contributed by atoms with Gasteiger partial charge in [0, 0.05) is 13.1 Å². The molecule has 2 amide bonds. The Morgan fingerprint density at radius 2 is 1.70 bits per heavy atom. The number of amides is 2. The van der Waals surface area contributed by atoms with Crippen LogP contribution in [0.3, 0.4) is 0 Å². The van der Waals surface area contributed by atoms with E-state index in [1.54, 1.807) is 4.90 Å². The number of aromatic carboxylic acids is 1. The van der Waals surface area contributed by atoms with Crippen LogP contribution in [0.2, 0.25) is 10.0 Å². The molecule has 0 bridgehead atoms. The number of carboxylic acid groups (broad SMARTS) is 1. The van der Waals surface area contributed by atoms with Crippen molar-refractivity contribution in [3.05, 3.63) is 68.2 Å². The molecule has 156 valence electrons. The van der Waals surface area contributed by atoms with Gasteiger partial charge in [-0.25, -0.2) is 4.79 Å². The van der Waals surface area contributed by atoms with E-state index in [0.717, 1.165) is 16.7 Å². The zero-order valence-electron chi connectivity index (χ0n) is 16.3. The number of carbonyl (C=O) groups excluding carboxylic acids is 2. The Kier molecular flexibility index (Phi) is 5.24. The minimum Gasteiger partial charge on any atom is -0.478 e. The number of fused-ring (bicyclic) bond motifs is 2. The van der Waals surface area contributed by atoms with Gasteiger partial charge in [-0.2, -0.15) is 0 Å². The third kappa shape index (κ3) is 3.55. The van der Waals surface area contributed by atoms with Crippen LogP contribution in [0, 0.1) is 6.92 Å². The number of hydrogen-bond acceptors (Lipinski definition) is 3. The second kappa shape index (κ2) is 7.60. The lowest BCUT2D eigenvalue weighted by molar-refractivity contribution is -0.124. The van der Waals surface area contributed by atoms with E-state index in [9.17, 15) is 19.5 Å². The lowest BCUT2D eigenvalue weighted by Gasteiger charge is -2.45. The number of piperidine rings is 1. The molecular weight excluding hydrogens is 427 g/mol. The van der Waals surface area contributed by atoms with Crippen LogP contribution >= 0.6 is 23.2 Å². The first-order chi connectivity index (χ1) is 14.2. The first kappa shape index (κ1) is 20.7. The third-order valence-corrected chi connectivity index (χ3v) is 6.65. The fourth-order valence-electron chi connectivity index (χ4n) is 4.44. The van der Waals surface area contributed by atoms with Crippen LogP contribution in [0.25, 0.3) is 0 Å². The molecule has 2 aliphatic rings. The molecule has 0 aliphatic carbocycles. The van der Waals surface area contributed by atoms with Gasteiger partial charge in [0.25, 0.3) is 5.91 Å². The summed E-state index contributed by atoms with van der Waals surface area (Å²) < 4.78 is 0. The molecule has 1 spiro atoms. The maximum atomic E-state index is 13.1. The molecule has 8 heteroatoms. The summed E-state index contributed by atoms with van der Waals surface area (Å²) in [7, 11) is 0. The molecular formula is C22H20Cl2N2O4. The number of hydrogen-bond donors (Lipinski definition) is 2. The molecule has 30 heavy (non-hydrogen) atoms. The van der Waals surface area contributed by atoms with Crippen molar-refractivity contribution in [3.8, 4) is 0 Å². The van der Waals surface area contributed by atoms with Gasteiger partial charge < -0.3 is 15.3 Å². The van der Waals surface area contributed by atoms with Crippen LogP contribution in [0.1, 0.15) is 50.2 Å². The van der Waals surface area contributed by atoms with Gasteiger partial charge in [-0.3, -0.25) is 9.59 Å². The number of aryl methyl sites for hydroxylation is 1. The predicted molar refractivity (Wildman–Crippen MR) is 113 cm³/mol. The molecule has 2 N–H and O–H groups in total. The predicted octanol–water partition coefficient (Wildman–Crippen LogP) is 3.80. The van der Waals surface area contributed by atoms with Gasteiger partial charge in [0.05, 0.1) is 33.1 Å². The number of likely N-dealkylation sites (tertiary alicyclic amines) is 1. The fourth-order valence-corrected chi connectivity index (χ4v) is 4.77. The van der Waals surface area contributed by atoms with E-state index in [1.165, 1.54) is 12.1 Å². The molecule has 2 aromatic carbocycles. The van der Waals surface area contributed by atoms with Gasteiger partial charge in [-0.15, -0.1) is 0 Å². The number of carboxylic acids is 1. The molecule has 0 aromatic heterocycles. The highest BCUT2D eigenvalue weighted by atomic mass is 35.5. The van der Waals surface area contributed by atoms with Crippen molar-refractivity contribution in [2.45, 2.75) is 31.7 Å². The van der Waals surface area contributed by atoms with E-state index in [4.69, 9.17) is 23.2 Å². The quantitative estimate of drug-likeness (QED) is 0.734. The summed E-state index contributed by atoms with van der Waals surface area (Å²) in [6.45, 7) is 2.76. The van der Waals surface area contributed by atoms with Crippen molar-refractivity contribution in [3.63, 3.8) is 0 Å². The van der Waals surface area contributed by atoms with Crippen molar-refractivity contribution in [1.82, 2.24) is 10.2 Å². The Bertz CT molecular complexity index is 1080. The second-order valence-corrected chi connectivity index (χ2v) is 8.69. The number of carbonyl (C=O) groups is 3. The lowest BCUT2D eigenvalue weighted by Crippen LogP contribution is -2.57. The molecule has 2 aromatic rings. The first-order valence-corrected chi connectivity index (χ1v) is 10.4. The molecule has 0 atom stereocenters. The molecule has 1 fully saturated rings. The number of benzene rings is 2. The van der Waals surface area contributed by atoms with Gasteiger partial charge in [-0.1, -0.05) is 47.0 Å². The maximum Gasteiger partial charge on any atom is 0.336 e. The van der Waals surface area contributed by atoms with Crippen molar-refractivity contribution >= 4 is 41.0 Å². The summed E-state index contributed by atoms with van der Waals surface area (Å²) in [5.41, 5.74) is 2.55. The van der Waals surface area contributed by atoms with E-state index < -0.39 is 17.4 Å². The van der Waals surface area contributed by atoms with Gasteiger partial charge in [0.1, 0.15) is 0 Å². The smallest absolute Gasteiger partial charge is 0.336 e. The Labute approximate surface area is 183 Å². The number of nitrogens with one attached hydrogen (secondary N) is 1. The third-order valence-electron chi connectivity index (χ3n) is 5.93. The van der Waals surface area contributed by atoms with E-state index in [1.807, 2.05) is 19.1 Å². The average molecular weight is 447 g/mol. The number of rotatable bonds is 2. The van der Waals surface area contributed by atoms with Crippen LogP contribution in [0.15, 0.2) is 30.3 Å². The van der Waals surface area contributed by atoms with Gasteiger partial charge in [-0.05, 0) is 43.0 Å². The summed E-state index contributed by atoms with van der Waals surface area (Å²) in [6, 6.07) is 8.64. The minimum atomic E-state index is -1.24. The van der Waals surface area contributed by atoms with Crippen LogP contribution in [0.5, 0.6) is 0 Å². The Morgan fingerprint density at radius 1 is 1.07 bits per heavy atom. The molecule has 0 unspecified atom stereocenters. The van der Waals surface area contributed by atoms with E-state index in [-0.39, 0.29) is 27.1 Å². The van der Waals surface area contributed by atoms with Crippen molar-refractivity contribution in [2.24, 2.45) is 0 Å². The second-order valence-electron chi connectivity index (χ2n) is 7.88. The van der Waals surface area contributed by atoms with Crippen molar-refractivity contribution in [2.75, 3.05) is 13.1 Å². The lowest BCUT2D eigenvalue weighted by atomic mass is 9.75. The van der Waals surface area contributed by atoms with E-state index >= 15 is 0 Å². The molecule has 6 nitrogen and oxygen atoms in total. The van der Waals surface area contributed by atoms with Crippen LogP contribution in [0.4, 0.5) is 0 Å². The SMILES string of the molecule is Cc1ccc2c(c1)CC(=O)NC21CCN(C(=O)c2cc(Cl)c(Cl)cc2C(=O)O)CC1. The zero-order chi connectivity index (χ0) is 21.6. The minimum absolute atomic E-state index is 0.0107. The summed E-state index contributed by atoms with van der Waals surface area (Å²) >= 11 is 12.0. The fraction of sp³-hybridized carbons (Fsp3) is 0.318. The Morgan fingerprint density at radius 3 is 2.33 bits per heavy atom. The standard InChI is InChI=1S/C22H20Cl2N2O4/c1-12-2-3-16-13(8-12)9-19(27)25-22(16)4-6-26(7-5-22)20(28)14-10-17(23)18(24)11-15(14)21(29)30/h2-3,8,10-11H,4-7,9H2,1H3,(H,25,27)(H,29,30). The Balaban J connectivity index is 1.61. The first-order valence-electron chi connectivity index (χ1n) is 9.63. The van der Waals surface area contributed by atoms with E-state index in [2.05, 4.69) is 11.4 Å². The van der Waals surface area contributed by atoms with Gasteiger partial charge >= 0.3 is 5.97 Å². The highest BCUT2D eigenvalue weighted by Gasteiger charge is 2.43.